The Labute approximate surface area is 108 Å². The largest absolute Gasteiger partial charge is 0.376 e. The van der Waals surface area contributed by atoms with Gasteiger partial charge in [-0.25, -0.2) is 4.98 Å². The molecular formula is C13H22N2OS. The molecule has 1 aliphatic rings. The van der Waals surface area contributed by atoms with E-state index in [9.17, 15) is 0 Å². The Morgan fingerprint density at radius 3 is 3.12 bits per heavy atom. The van der Waals surface area contributed by atoms with Crippen LogP contribution in [0.1, 0.15) is 43.9 Å². The zero-order chi connectivity index (χ0) is 11.9. The van der Waals surface area contributed by atoms with Gasteiger partial charge in [0.2, 0.25) is 0 Å². The van der Waals surface area contributed by atoms with E-state index in [2.05, 4.69) is 17.2 Å². The number of nitrogens with zero attached hydrogens (tertiary/aromatic N) is 1. The molecule has 96 valence electrons. The zero-order valence-corrected chi connectivity index (χ0v) is 11.4. The Bertz CT molecular complexity index is 323. The highest BCUT2D eigenvalue weighted by Gasteiger charge is 2.16. The molecule has 0 aliphatic heterocycles. The van der Waals surface area contributed by atoms with Gasteiger partial charge in [-0.1, -0.05) is 37.5 Å². The highest BCUT2D eigenvalue weighted by atomic mass is 32.1. The molecule has 1 aromatic rings. The summed E-state index contributed by atoms with van der Waals surface area (Å²) >= 11 is 1.70. The third kappa shape index (κ3) is 4.28. The van der Waals surface area contributed by atoms with E-state index in [0.29, 0.717) is 0 Å². The molecule has 1 aromatic heterocycles. The fourth-order valence-corrected chi connectivity index (χ4v) is 2.67. The van der Waals surface area contributed by atoms with Crippen LogP contribution in [0, 0.1) is 5.92 Å². The summed E-state index contributed by atoms with van der Waals surface area (Å²) in [5.41, 5.74) is 0. The maximum atomic E-state index is 5.69. The number of aromatic nitrogens is 1. The van der Waals surface area contributed by atoms with Gasteiger partial charge in [0.15, 0.2) is 5.13 Å². The van der Waals surface area contributed by atoms with Crippen LogP contribution in [0.2, 0.25) is 0 Å². The molecule has 0 aromatic carbocycles. The Kier molecular flexibility index (Phi) is 5.26. The summed E-state index contributed by atoms with van der Waals surface area (Å²) in [6.45, 7) is 4.78. The highest BCUT2D eigenvalue weighted by molar-refractivity contribution is 7.15. The Morgan fingerprint density at radius 1 is 1.53 bits per heavy atom. The molecule has 0 spiro atoms. The maximum absolute atomic E-state index is 5.69. The van der Waals surface area contributed by atoms with Gasteiger partial charge in [0.1, 0.15) is 0 Å². The van der Waals surface area contributed by atoms with E-state index in [4.69, 9.17) is 4.74 Å². The van der Waals surface area contributed by atoms with Gasteiger partial charge in [0, 0.05) is 19.3 Å². The second-order valence-corrected chi connectivity index (χ2v) is 5.81. The second kappa shape index (κ2) is 6.97. The lowest BCUT2D eigenvalue weighted by molar-refractivity contribution is 0.0965. The van der Waals surface area contributed by atoms with Crippen molar-refractivity contribution in [2.45, 2.75) is 45.6 Å². The van der Waals surface area contributed by atoms with E-state index in [-0.39, 0.29) is 0 Å². The third-order valence-corrected chi connectivity index (χ3v) is 4.15. The number of rotatable bonds is 8. The van der Waals surface area contributed by atoms with Crippen molar-refractivity contribution in [1.82, 2.24) is 4.98 Å². The molecule has 3 nitrogen and oxygen atoms in total. The van der Waals surface area contributed by atoms with E-state index in [1.54, 1.807) is 11.3 Å². The summed E-state index contributed by atoms with van der Waals surface area (Å²) < 4.78 is 5.69. The summed E-state index contributed by atoms with van der Waals surface area (Å²) in [5.74, 6) is 0.943. The summed E-state index contributed by atoms with van der Waals surface area (Å²) in [7, 11) is 0. The van der Waals surface area contributed by atoms with Crippen LogP contribution in [-0.4, -0.2) is 18.1 Å². The Hall–Kier alpha value is -0.610. The van der Waals surface area contributed by atoms with Crippen molar-refractivity contribution in [2.75, 3.05) is 18.5 Å². The maximum Gasteiger partial charge on any atom is 0.182 e. The number of hydrogen-bond acceptors (Lipinski definition) is 4. The summed E-state index contributed by atoms with van der Waals surface area (Å²) in [6.07, 6.45) is 8.54. The van der Waals surface area contributed by atoms with Gasteiger partial charge >= 0.3 is 0 Å². The minimum Gasteiger partial charge on any atom is -0.376 e. The summed E-state index contributed by atoms with van der Waals surface area (Å²) in [4.78, 5) is 5.54. The van der Waals surface area contributed by atoms with Crippen molar-refractivity contribution in [1.29, 1.82) is 0 Å². The van der Waals surface area contributed by atoms with Crippen LogP contribution in [0.25, 0.3) is 0 Å². The van der Waals surface area contributed by atoms with E-state index in [0.717, 1.165) is 37.2 Å². The van der Waals surface area contributed by atoms with Gasteiger partial charge in [-0.15, -0.1) is 0 Å². The van der Waals surface area contributed by atoms with Crippen molar-refractivity contribution >= 4 is 16.5 Å². The zero-order valence-electron chi connectivity index (χ0n) is 10.6. The predicted molar refractivity (Wildman–Crippen MR) is 72.5 cm³/mol. The highest BCUT2D eigenvalue weighted by Crippen LogP contribution is 2.29. The van der Waals surface area contributed by atoms with Crippen molar-refractivity contribution in [3.8, 4) is 0 Å². The van der Waals surface area contributed by atoms with E-state index < -0.39 is 0 Å². The van der Waals surface area contributed by atoms with Crippen molar-refractivity contribution < 1.29 is 4.74 Å². The van der Waals surface area contributed by atoms with Gasteiger partial charge in [0.05, 0.1) is 11.5 Å². The minimum atomic E-state index is 0.720. The number of ether oxygens (including phenoxy) is 1. The monoisotopic (exact) mass is 254 g/mol. The summed E-state index contributed by atoms with van der Waals surface area (Å²) in [6, 6.07) is 0. The lowest BCUT2D eigenvalue weighted by Crippen LogP contribution is -2.13. The topological polar surface area (TPSA) is 34.2 Å². The van der Waals surface area contributed by atoms with Crippen LogP contribution < -0.4 is 5.32 Å². The first-order valence-corrected chi connectivity index (χ1v) is 7.46. The molecular weight excluding hydrogens is 232 g/mol. The molecule has 0 saturated heterocycles. The number of nitrogens with one attached hydrogen (secondary N) is 1. The SMILES string of the molecule is CCCNc1ncc(COCCC2CCC2)s1. The third-order valence-electron chi connectivity index (χ3n) is 3.22. The molecule has 0 bridgehead atoms. The number of anilines is 1. The van der Waals surface area contributed by atoms with E-state index in [1.807, 2.05) is 6.20 Å². The van der Waals surface area contributed by atoms with Crippen LogP contribution in [0.15, 0.2) is 6.20 Å². The molecule has 17 heavy (non-hydrogen) atoms. The fourth-order valence-electron chi connectivity index (χ4n) is 1.89. The standard InChI is InChI=1S/C13H22N2OS/c1-2-7-14-13-15-9-12(17-13)10-16-8-6-11-4-3-5-11/h9,11H,2-8,10H2,1H3,(H,14,15). The minimum absolute atomic E-state index is 0.720. The Morgan fingerprint density at radius 2 is 2.41 bits per heavy atom. The smallest absolute Gasteiger partial charge is 0.182 e. The van der Waals surface area contributed by atoms with Crippen LogP contribution in [0.3, 0.4) is 0 Å². The molecule has 0 unspecified atom stereocenters. The first-order chi connectivity index (χ1) is 8.38. The molecule has 0 amide bonds. The van der Waals surface area contributed by atoms with Crippen molar-refractivity contribution in [3.05, 3.63) is 11.1 Å². The van der Waals surface area contributed by atoms with Crippen LogP contribution in [0.4, 0.5) is 5.13 Å². The first kappa shape index (κ1) is 12.8. The van der Waals surface area contributed by atoms with Gasteiger partial charge in [-0.05, 0) is 18.8 Å². The molecule has 0 radical (unpaired) electrons. The van der Waals surface area contributed by atoms with E-state index in [1.165, 1.54) is 30.6 Å². The van der Waals surface area contributed by atoms with Crippen molar-refractivity contribution in [3.63, 3.8) is 0 Å². The average molecular weight is 254 g/mol. The number of hydrogen-bond donors (Lipinski definition) is 1. The fraction of sp³-hybridized carbons (Fsp3) is 0.769. The summed E-state index contributed by atoms with van der Waals surface area (Å²) in [5, 5.41) is 4.31. The Balaban J connectivity index is 1.59. The molecule has 1 saturated carbocycles. The molecule has 4 heteroatoms. The van der Waals surface area contributed by atoms with Gasteiger partial charge < -0.3 is 10.1 Å². The predicted octanol–water partition coefficient (Wildman–Crippen LogP) is 3.67. The van der Waals surface area contributed by atoms with Crippen LogP contribution in [-0.2, 0) is 11.3 Å². The molecule has 0 atom stereocenters. The first-order valence-electron chi connectivity index (χ1n) is 6.65. The van der Waals surface area contributed by atoms with E-state index >= 15 is 0 Å². The normalized spacial score (nSPS) is 15.8. The van der Waals surface area contributed by atoms with Crippen LogP contribution >= 0.6 is 11.3 Å². The molecule has 2 rings (SSSR count). The molecule has 1 heterocycles. The quantitative estimate of drug-likeness (QED) is 0.719. The second-order valence-electron chi connectivity index (χ2n) is 4.70. The number of thiazole rings is 1. The molecule has 1 N–H and O–H groups in total. The van der Waals surface area contributed by atoms with Crippen molar-refractivity contribution in [2.24, 2.45) is 5.92 Å². The van der Waals surface area contributed by atoms with Crippen LogP contribution in [0.5, 0.6) is 0 Å². The van der Waals surface area contributed by atoms with Gasteiger partial charge in [-0.3, -0.25) is 0 Å². The molecule has 1 fully saturated rings. The lowest BCUT2D eigenvalue weighted by Gasteiger charge is -2.24. The molecule has 1 aliphatic carbocycles. The average Bonchev–Trinajstić information content (AvgIpc) is 2.71. The van der Waals surface area contributed by atoms with Gasteiger partial charge in [-0.2, -0.15) is 0 Å². The van der Waals surface area contributed by atoms with Gasteiger partial charge in [0.25, 0.3) is 0 Å². The lowest BCUT2D eigenvalue weighted by atomic mass is 9.83.